The number of rotatable bonds is 0. The molecule has 0 saturated heterocycles. The van der Waals surface area contributed by atoms with Crippen molar-refractivity contribution in [1.29, 1.82) is 0 Å². The number of nitrogens with zero attached hydrogens (tertiary/aromatic N) is 2. The summed E-state index contributed by atoms with van der Waals surface area (Å²) in [4.78, 5) is 9.93. The van der Waals surface area contributed by atoms with E-state index in [1.54, 1.807) is 6.07 Å². The predicted molar refractivity (Wildman–Crippen MR) is 73.3 cm³/mol. The number of aliphatic imine (C=N–C) groups is 1. The normalized spacial score (nSPS) is 16.7. The number of aromatic nitrogens is 1. The average molecular weight is 256 g/mol. The van der Waals surface area contributed by atoms with Crippen molar-refractivity contribution in [2.24, 2.45) is 4.99 Å². The number of hydrogen-bond acceptors (Lipinski definition) is 3. The number of nitrogens with one attached hydrogen (secondary N) is 2. The first-order valence-corrected chi connectivity index (χ1v) is 6.35. The number of anilines is 2. The molecule has 4 rings (SSSR count). The summed E-state index contributed by atoms with van der Waals surface area (Å²) < 4.78 is 13.3. The van der Waals surface area contributed by atoms with Crippen molar-refractivity contribution in [3.05, 3.63) is 47.5 Å². The fraction of sp³-hybridized carbons (Fsp3) is 0.214. The number of benzene rings is 1. The molecule has 0 bridgehead atoms. The van der Waals surface area contributed by atoms with Crippen molar-refractivity contribution in [3.8, 4) is 0 Å². The first kappa shape index (κ1) is 10.6. The van der Waals surface area contributed by atoms with Crippen LogP contribution >= 0.6 is 0 Å². The summed E-state index contributed by atoms with van der Waals surface area (Å²) in [5.41, 5.74) is 4.18. The molecular formula is C14H13FN4. The third-order valence-corrected chi connectivity index (χ3v) is 3.66. The van der Waals surface area contributed by atoms with Gasteiger partial charge in [0.05, 0.1) is 5.69 Å². The van der Waals surface area contributed by atoms with E-state index in [1.807, 2.05) is 18.3 Å². The van der Waals surface area contributed by atoms with Crippen LogP contribution < -0.4 is 10.2 Å². The van der Waals surface area contributed by atoms with E-state index in [0.29, 0.717) is 6.67 Å². The van der Waals surface area contributed by atoms with E-state index in [0.717, 1.165) is 41.4 Å². The highest BCUT2D eigenvalue weighted by Gasteiger charge is 2.27. The van der Waals surface area contributed by atoms with E-state index < -0.39 is 0 Å². The van der Waals surface area contributed by atoms with Gasteiger partial charge in [0.2, 0.25) is 0 Å². The molecule has 96 valence electrons. The Bertz CT molecular complexity index is 674. The number of fused-ring (bicyclic) bond motifs is 2. The number of amidine groups is 1. The van der Waals surface area contributed by atoms with Crippen LogP contribution in [-0.2, 0) is 6.42 Å². The van der Waals surface area contributed by atoms with Crippen LogP contribution in [-0.4, -0.2) is 24.0 Å². The second-order valence-electron chi connectivity index (χ2n) is 4.76. The third kappa shape index (κ3) is 1.54. The van der Waals surface area contributed by atoms with Crippen LogP contribution in [0.5, 0.6) is 0 Å². The monoisotopic (exact) mass is 256 g/mol. The van der Waals surface area contributed by atoms with Gasteiger partial charge < -0.3 is 15.2 Å². The van der Waals surface area contributed by atoms with Crippen molar-refractivity contribution in [1.82, 2.24) is 4.98 Å². The molecule has 0 aliphatic carbocycles. The Morgan fingerprint density at radius 3 is 3.16 bits per heavy atom. The SMILES string of the molecule is Fc1ccc2c(c1)CCN2C1=NCNc2cc[nH]c21. The van der Waals surface area contributed by atoms with Gasteiger partial charge in [0.1, 0.15) is 18.2 Å². The van der Waals surface area contributed by atoms with Crippen molar-refractivity contribution < 1.29 is 4.39 Å². The second-order valence-corrected chi connectivity index (χ2v) is 4.76. The summed E-state index contributed by atoms with van der Waals surface area (Å²) >= 11 is 0. The van der Waals surface area contributed by atoms with Gasteiger partial charge in [-0.2, -0.15) is 0 Å². The summed E-state index contributed by atoms with van der Waals surface area (Å²) in [6.07, 6.45) is 2.76. The number of halogens is 1. The number of aromatic amines is 1. The molecule has 2 aliphatic rings. The first-order chi connectivity index (χ1) is 9.33. The highest BCUT2D eigenvalue weighted by Crippen LogP contribution is 2.32. The molecule has 1 aromatic carbocycles. The molecule has 0 atom stereocenters. The fourth-order valence-corrected chi connectivity index (χ4v) is 2.79. The molecule has 0 unspecified atom stereocenters. The van der Waals surface area contributed by atoms with E-state index in [-0.39, 0.29) is 5.82 Å². The molecule has 3 heterocycles. The van der Waals surface area contributed by atoms with Gasteiger partial charge >= 0.3 is 0 Å². The van der Waals surface area contributed by atoms with Gasteiger partial charge in [-0.1, -0.05) is 0 Å². The summed E-state index contributed by atoms with van der Waals surface area (Å²) in [6.45, 7) is 1.42. The van der Waals surface area contributed by atoms with E-state index >= 15 is 0 Å². The van der Waals surface area contributed by atoms with Crippen molar-refractivity contribution in [2.75, 3.05) is 23.4 Å². The summed E-state index contributed by atoms with van der Waals surface area (Å²) in [6, 6.07) is 6.97. The van der Waals surface area contributed by atoms with Gasteiger partial charge in [0.25, 0.3) is 0 Å². The quantitative estimate of drug-likeness (QED) is 0.760. The zero-order valence-corrected chi connectivity index (χ0v) is 10.3. The molecule has 5 heteroatoms. The summed E-state index contributed by atoms with van der Waals surface area (Å²) in [5.74, 6) is 0.762. The molecule has 0 amide bonds. The number of H-pyrrole nitrogens is 1. The van der Waals surface area contributed by atoms with E-state index in [4.69, 9.17) is 0 Å². The lowest BCUT2D eigenvalue weighted by Crippen LogP contribution is -2.33. The summed E-state index contributed by atoms with van der Waals surface area (Å²) in [7, 11) is 0. The smallest absolute Gasteiger partial charge is 0.156 e. The van der Waals surface area contributed by atoms with E-state index in [1.165, 1.54) is 6.07 Å². The minimum atomic E-state index is -0.173. The zero-order chi connectivity index (χ0) is 12.8. The molecule has 19 heavy (non-hydrogen) atoms. The van der Waals surface area contributed by atoms with Crippen LogP contribution in [0.2, 0.25) is 0 Å². The molecule has 0 radical (unpaired) electrons. The zero-order valence-electron chi connectivity index (χ0n) is 10.3. The Kier molecular flexibility index (Phi) is 2.15. The molecule has 0 saturated carbocycles. The Balaban J connectivity index is 1.79. The molecule has 2 aromatic rings. The highest BCUT2D eigenvalue weighted by molar-refractivity contribution is 6.13. The van der Waals surface area contributed by atoms with Crippen LogP contribution in [0.1, 0.15) is 11.3 Å². The minimum absolute atomic E-state index is 0.173. The van der Waals surface area contributed by atoms with Crippen LogP contribution in [0.3, 0.4) is 0 Å². The molecule has 2 N–H and O–H groups in total. The topological polar surface area (TPSA) is 43.4 Å². The Labute approximate surface area is 110 Å². The Morgan fingerprint density at radius 2 is 2.21 bits per heavy atom. The standard InChI is InChI=1S/C14H13FN4/c15-10-1-2-12-9(7-10)4-6-19(12)14-13-11(3-5-16-13)17-8-18-14/h1-3,5,7,16-17H,4,6,8H2. The molecule has 4 nitrogen and oxygen atoms in total. The van der Waals surface area contributed by atoms with Gasteiger partial charge in [-0.25, -0.2) is 9.38 Å². The molecule has 0 fully saturated rings. The molecule has 1 aromatic heterocycles. The van der Waals surface area contributed by atoms with Crippen molar-refractivity contribution in [3.63, 3.8) is 0 Å². The summed E-state index contributed by atoms with van der Waals surface area (Å²) in [5, 5.41) is 3.22. The van der Waals surface area contributed by atoms with Crippen LogP contribution in [0.15, 0.2) is 35.5 Å². The van der Waals surface area contributed by atoms with Gasteiger partial charge in [-0.05, 0) is 36.2 Å². The van der Waals surface area contributed by atoms with Gasteiger partial charge in [0, 0.05) is 18.4 Å². The lowest BCUT2D eigenvalue weighted by molar-refractivity contribution is 0.626. The Morgan fingerprint density at radius 1 is 1.26 bits per heavy atom. The number of hydrogen-bond donors (Lipinski definition) is 2. The predicted octanol–water partition coefficient (Wildman–Crippen LogP) is 2.35. The molecule has 2 aliphatic heterocycles. The van der Waals surface area contributed by atoms with Crippen LogP contribution in [0, 0.1) is 5.82 Å². The highest BCUT2D eigenvalue weighted by atomic mass is 19.1. The minimum Gasteiger partial charge on any atom is -0.364 e. The average Bonchev–Trinajstić information content (AvgIpc) is 3.03. The fourth-order valence-electron chi connectivity index (χ4n) is 2.79. The largest absolute Gasteiger partial charge is 0.364 e. The van der Waals surface area contributed by atoms with Gasteiger partial charge in [-0.3, -0.25) is 0 Å². The second kappa shape index (κ2) is 3.85. The van der Waals surface area contributed by atoms with E-state index in [9.17, 15) is 4.39 Å². The van der Waals surface area contributed by atoms with E-state index in [2.05, 4.69) is 20.2 Å². The lowest BCUT2D eigenvalue weighted by atomic mass is 10.1. The first-order valence-electron chi connectivity index (χ1n) is 6.35. The maximum Gasteiger partial charge on any atom is 0.156 e. The van der Waals surface area contributed by atoms with Crippen LogP contribution in [0.4, 0.5) is 15.8 Å². The molecule has 0 spiro atoms. The third-order valence-electron chi connectivity index (χ3n) is 3.66. The lowest BCUT2D eigenvalue weighted by Gasteiger charge is -2.24. The molecular weight excluding hydrogens is 243 g/mol. The maximum absolute atomic E-state index is 13.3. The maximum atomic E-state index is 13.3. The van der Waals surface area contributed by atoms with Gasteiger partial charge in [-0.15, -0.1) is 0 Å². The van der Waals surface area contributed by atoms with Crippen LogP contribution in [0.25, 0.3) is 0 Å². The van der Waals surface area contributed by atoms with Crippen molar-refractivity contribution in [2.45, 2.75) is 6.42 Å². The van der Waals surface area contributed by atoms with Crippen molar-refractivity contribution >= 4 is 17.2 Å². The Hall–Kier alpha value is -2.30. The van der Waals surface area contributed by atoms with Gasteiger partial charge in [0.15, 0.2) is 5.84 Å².